The number of aromatic nitrogens is 3. The van der Waals surface area contributed by atoms with Crippen LogP contribution in [0.15, 0.2) is 35.5 Å². The molecule has 7 nitrogen and oxygen atoms in total. The minimum Gasteiger partial charge on any atom is -0.336 e. The quantitative estimate of drug-likeness (QED) is 0.788. The van der Waals surface area contributed by atoms with E-state index in [-0.39, 0.29) is 11.9 Å². The zero-order valence-corrected chi connectivity index (χ0v) is 15.4. The van der Waals surface area contributed by atoms with Crippen molar-refractivity contribution < 1.29 is 9.59 Å². The maximum Gasteiger partial charge on any atom is 0.324 e. The Hall–Kier alpha value is -2.35. The predicted octanol–water partition coefficient (Wildman–Crippen LogP) is 2.24. The van der Waals surface area contributed by atoms with E-state index in [4.69, 9.17) is 0 Å². The summed E-state index contributed by atoms with van der Waals surface area (Å²) in [6, 6.07) is 9.87. The third-order valence-corrected chi connectivity index (χ3v) is 5.69. The molecule has 0 radical (unpaired) electrons. The number of carbonyl (C=O) groups is 2. The van der Waals surface area contributed by atoms with Gasteiger partial charge in [-0.25, -0.2) is 4.79 Å². The number of nitrogens with one attached hydrogen (secondary N) is 1. The second-order valence-corrected chi connectivity index (χ2v) is 7.98. The molecule has 2 fully saturated rings. The van der Waals surface area contributed by atoms with Gasteiger partial charge in [0.05, 0.1) is 11.8 Å². The van der Waals surface area contributed by atoms with Crippen LogP contribution in [-0.4, -0.2) is 49.9 Å². The van der Waals surface area contributed by atoms with Crippen molar-refractivity contribution in [3.63, 3.8) is 0 Å². The number of benzene rings is 1. The normalized spacial score (nSPS) is 18.0. The number of hydrogen-bond donors (Lipinski definition) is 1. The van der Waals surface area contributed by atoms with Gasteiger partial charge in [0.25, 0.3) is 0 Å². The van der Waals surface area contributed by atoms with Crippen molar-refractivity contribution >= 4 is 23.7 Å². The van der Waals surface area contributed by atoms with E-state index in [1.165, 1.54) is 22.2 Å². The summed E-state index contributed by atoms with van der Waals surface area (Å²) in [5.74, 6) is 1.28. The summed E-state index contributed by atoms with van der Waals surface area (Å²) in [6.45, 7) is 3.44. The van der Waals surface area contributed by atoms with Gasteiger partial charge in [0.2, 0.25) is 5.91 Å². The number of thioether (sulfide) groups is 1. The summed E-state index contributed by atoms with van der Waals surface area (Å²) in [7, 11) is 0. The van der Waals surface area contributed by atoms with E-state index in [0.29, 0.717) is 25.6 Å². The van der Waals surface area contributed by atoms with Gasteiger partial charge in [-0.1, -0.05) is 42.1 Å². The van der Waals surface area contributed by atoms with Crippen LogP contribution in [0.25, 0.3) is 0 Å². The molecule has 136 valence electrons. The molecule has 4 rings (SSSR count). The van der Waals surface area contributed by atoms with E-state index in [2.05, 4.69) is 32.2 Å². The fourth-order valence-electron chi connectivity index (χ4n) is 3.06. The zero-order chi connectivity index (χ0) is 18.1. The minimum atomic E-state index is -0.398. The molecule has 1 aliphatic heterocycles. The summed E-state index contributed by atoms with van der Waals surface area (Å²) in [6.07, 6.45) is 2.28. The maximum absolute atomic E-state index is 12.6. The Balaban J connectivity index is 1.54. The monoisotopic (exact) mass is 371 g/mol. The number of rotatable bonds is 6. The first-order chi connectivity index (χ1) is 12.6. The molecule has 1 atom stereocenters. The van der Waals surface area contributed by atoms with Crippen LogP contribution in [0.5, 0.6) is 0 Å². The van der Waals surface area contributed by atoms with Crippen LogP contribution in [0.4, 0.5) is 4.79 Å². The molecule has 1 saturated heterocycles. The molecule has 8 heteroatoms. The summed E-state index contributed by atoms with van der Waals surface area (Å²) in [5, 5.41) is 11.7. The van der Waals surface area contributed by atoms with Crippen molar-refractivity contribution in [1.82, 2.24) is 25.0 Å². The van der Waals surface area contributed by atoms with Gasteiger partial charge in [-0.15, -0.1) is 10.2 Å². The Labute approximate surface area is 156 Å². The van der Waals surface area contributed by atoms with E-state index in [1.807, 2.05) is 25.1 Å². The lowest BCUT2D eigenvalue weighted by Crippen LogP contribution is -2.39. The first-order valence-electron chi connectivity index (χ1n) is 8.86. The lowest BCUT2D eigenvalue weighted by molar-refractivity contribution is -0.126. The molecule has 2 aliphatic rings. The molecule has 3 amide bonds. The molecule has 0 unspecified atom stereocenters. The Bertz CT molecular complexity index is 818. The SMILES string of the molecule is C[C@H](Sc1nnc(C2CC2)n1Cc1ccccc1)C(=O)N1CCNC1=O. The average molecular weight is 371 g/mol. The Morgan fingerprint density at radius 3 is 2.73 bits per heavy atom. The topological polar surface area (TPSA) is 80.1 Å². The predicted molar refractivity (Wildman–Crippen MR) is 98.0 cm³/mol. The third kappa shape index (κ3) is 3.46. The highest BCUT2D eigenvalue weighted by atomic mass is 32.2. The zero-order valence-electron chi connectivity index (χ0n) is 14.6. The summed E-state index contributed by atoms with van der Waals surface area (Å²) in [4.78, 5) is 25.6. The van der Waals surface area contributed by atoms with Gasteiger partial charge >= 0.3 is 6.03 Å². The molecular formula is C18H21N5O2S. The van der Waals surface area contributed by atoms with Crippen molar-refractivity contribution in [2.45, 2.75) is 42.6 Å². The second-order valence-electron chi connectivity index (χ2n) is 6.67. The fraction of sp³-hybridized carbons (Fsp3) is 0.444. The van der Waals surface area contributed by atoms with Crippen LogP contribution in [-0.2, 0) is 11.3 Å². The van der Waals surface area contributed by atoms with Crippen LogP contribution in [0.2, 0.25) is 0 Å². The van der Waals surface area contributed by atoms with Gasteiger partial charge in [-0.2, -0.15) is 0 Å². The number of amides is 3. The number of nitrogens with zero attached hydrogens (tertiary/aromatic N) is 4. The summed E-state index contributed by atoms with van der Waals surface area (Å²) < 4.78 is 2.12. The van der Waals surface area contributed by atoms with Gasteiger partial charge < -0.3 is 9.88 Å². The van der Waals surface area contributed by atoms with Crippen LogP contribution >= 0.6 is 11.8 Å². The highest BCUT2D eigenvalue weighted by molar-refractivity contribution is 8.00. The first-order valence-corrected chi connectivity index (χ1v) is 9.74. The molecule has 0 spiro atoms. The molecule has 26 heavy (non-hydrogen) atoms. The maximum atomic E-state index is 12.6. The second kappa shape index (κ2) is 7.11. The Morgan fingerprint density at radius 1 is 1.31 bits per heavy atom. The van der Waals surface area contributed by atoms with E-state index < -0.39 is 5.25 Å². The van der Waals surface area contributed by atoms with Crippen molar-refractivity contribution in [1.29, 1.82) is 0 Å². The van der Waals surface area contributed by atoms with Crippen molar-refractivity contribution in [3.05, 3.63) is 41.7 Å². The highest BCUT2D eigenvalue weighted by Crippen LogP contribution is 2.40. The van der Waals surface area contributed by atoms with Crippen LogP contribution in [0.1, 0.15) is 37.1 Å². The molecule has 1 saturated carbocycles. The summed E-state index contributed by atoms with van der Waals surface area (Å²) in [5.41, 5.74) is 1.17. The van der Waals surface area contributed by atoms with Gasteiger partial charge in [0, 0.05) is 19.0 Å². The molecule has 1 aromatic heterocycles. The van der Waals surface area contributed by atoms with Crippen molar-refractivity contribution in [2.75, 3.05) is 13.1 Å². The first kappa shape index (κ1) is 17.1. The van der Waals surface area contributed by atoms with E-state index in [1.54, 1.807) is 0 Å². The molecular weight excluding hydrogens is 350 g/mol. The van der Waals surface area contributed by atoms with E-state index >= 15 is 0 Å². The number of urea groups is 1. The lowest BCUT2D eigenvalue weighted by Gasteiger charge is -2.17. The average Bonchev–Trinajstić information content (AvgIpc) is 3.29. The van der Waals surface area contributed by atoms with E-state index in [0.717, 1.165) is 23.8 Å². The smallest absolute Gasteiger partial charge is 0.324 e. The molecule has 1 aromatic carbocycles. The van der Waals surface area contributed by atoms with Crippen LogP contribution in [0.3, 0.4) is 0 Å². The molecule has 2 aromatic rings. The van der Waals surface area contributed by atoms with Gasteiger partial charge in [-0.3, -0.25) is 9.69 Å². The van der Waals surface area contributed by atoms with Crippen molar-refractivity contribution in [2.24, 2.45) is 0 Å². The van der Waals surface area contributed by atoms with Gasteiger partial charge in [0.1, 0.15) is 5.82 Å². The van der Waals surface area contributed by atoms with Crippen LogP contribution in [0, 0.1) is 0 Å². The number of imide groups is 1. The van der Waals surface area contributed by atoms with E-state index in [9.17, 15) is 9.59 Å². The fourth-order valence-corrected chi connectivity index (χ4v) is 3.97. The van der Waals surface area contributed by atoms with Crippen LogP contribution < -0.4 is 5.32 Å². The number of carbonyl (C=O) groups excluding carboxylic acids is 2. The van der Waals surface area contributed by atoms with Crippen molar-refractivity contribution in [3.8, 4) is 0 Å². The molecule has 1 N–H and O–H groups in total. The minimum absolute atomic E-state index is 0.188. The molecule has 0 bridgehead atoms. The lowest BCUT2D eigenvalue weighted by atomic mass is 10.2. The molecule has 1 aliphatic carbocycles. The largest absolute Gasteiger partial charge is 0.336 e. The Kier molecular flexibility index (Phi) is 4.67. The summed E-state index contributed by atoms with van der Waals surface area (Å²) >= 11 is 1.37. The Morgan fingerprint density at radius 2 is 2.08 bits per heavy atom. The standard InChI is InChI=1S/C18H21N5O2S/c1-12(16(24)22-10-9-19-17(22)25)26-18-21-20-15(14-7-8-14)23(18)11-13-5-3-2-4-6-13/h2-6,12,14H,7-11H2,1H3,(H,19,25)/t12-/m0/s1. The molecule has 2 heterocycles. The van der Waals surface area contributed by atoms with Gasteiger partial charge in [-0.05, 0) is 25.3 Å². The van der Waals surface area contributed by atoms with Gasteiger partial charge in [0.15, 0.2) is 5.16 Å². The number of hydrogen-bond acceptors (Lipinski definition) is 5. The third-order valence-electron chi connectivity index (χ3n) is 4.62. The highest BCUT2D eigenvalue weighted by Gasteiger charge is 2.33.